The van der Waals surface area contributed by atoms with Gasteiger partial charge < -0.3 is 5.32 Å². The number of aromatic nitrogens is 3. The Hall–Kier alpha value is -2.54. The lowest BCUT2D eigenvalue weighted by Crippen LogP contribution is -2.12. The van der Waals surface area contributed by atoms with Crippen LogP contribution in [0.1, 0.15) is 30.6 Å². The van der Waals surface area contributed by atoms with Gasteiger partial charge in [0.2, 0.25) is 0 Å². The van der Waals surface area contributed by atoms with E-state index in [1.807, 2.05) is 31.2 Å². The molecule has 0 aliphatic carbocycles. The summed E-state index contributed by atoms with van der Waals surface area (Å²) in [5.74, 6) is 0.674. The summed E-state index contributed by atoms with van der Waals surface area (Å²) in [6, 6.07) is 10.8. The Morgan fingerprint density at radius 3 is 2.44 bits per heavy atom. The summed E-state index contributed by atoms with van der Waals surface area (Å²) in [5.41, 5.74) is 3.41. The first-order chi connectivity index (χ1) is 11.9. The van der Waals surface area contributed by atoms with Crippen LogP contribution in [0.2, 0.25) is 0 Å². The largest absolute Gasteiger partial charge is 0.361 e. The van der Waals surface area contributed by atoms with Gasteiger partial charge in [-0.1, -0.05) is 19.1 Å². The predicted molar refractivity (Wildman–Crippen MR) is 98.3 cm³/mol. The minimum absolute atomic E-state index is 0.00553. The lowest BCUT2D eigenvalue weighted by atomic mass is 10.0. The molecule has 130 valence electrons. The van der Waals surface area contributed by atoms with Crippen LogP contribution in [0.3, 0.4) is 0 Å². The first-order valence-electron chi connectivity index (χ1n) is 8.03. The number of anilines is 1. The second-order valence-electron chi connectivity index (χ2n) is 5.99. The topological polar surface area (TPSA) is 84.8 Å². The Bertz CT molecular complexity index is 1000. The van der Waals surface area contributed by atoms with Crippen molar-refractivity contribution in [2.45, 2.75) is 31.2 Å². The summed E-state index contributed by atoms with van der Waals surface area (Å²) < 4.78 is 23.2. The van der Waals surface area contributed by atoms with Crippen molar-refractivity contribution >= 4 is 26.7 Å². The number of benzene rings is 1. The minimum Gasteiger partial charge on any atom is -0.361 e. The van der Waals surface area contributed by atoms with Crippen molar-refractivity contribution in [1.29, 1.82) is 0 Å². The van der Waals surface area contributed by atoms with Gasteiger partial charge in [-0.25, -0.2) is 23.4 Å². The maximum absolute atomic E-state index is 11.6. The van der Waals surface area contributed by atoms with Crippen LogP contribution >= 0.6 is 0 Å². The Labute approximate surface area is 147 Å². The molecule has 25 heavy (non-hydrogen) atoms. The number of hydrogen-bond acceptors (Lipinski definition) is 6. The molecule has 0 bridgehead atoms. The van der Waals surface area contributed by atoms with Gasteiger partial charge in [0.15, 0.2) is 15.7 Å². The SMILES string of the molecule is CCC(Nc1ncnc2ccc(C)nc12)c1ccc(S(C)(=O)=O)cc1. The Morgan fingerprint density at radius 1 is 1.08 bits per heavy atom. The summed E-state index contributed by atoms with van der Waals surface area (Å²) in [4.78, 5) is 13.4. The van der Waals surface area contributed by atoms with Gasteiger partial charge in [-0.3, -0.25) is 0 Å². The average molecular weight is 356 g/mol. The smallest absolute Gasteiger partial charge is 0.175 e. The third-order valence-corrected chi connectivity index (χ3v) is 5.18. The van der Waals surface area contributed by atoms with E-state index in [2.05, 4.69) is 27.2 Å². The number of fused-ring (bicyclic) bond motifs is 1. The predicted octanol–water partition coefficient (Wildman–Crippen LogP) is 3.30. The second-order valence-corrected chi connectivity index (χ2v) is 8.00. The van der Waals surface area contributed by atoms with E-state index in [0.717, 1.165) is 28.7 Å². The molecule has 6 nitrogen and oxygen atoms in total. The highest BCUT2D eigenvalue weighted by atomic mass is 32.2. The number of aryl methyl sites for hydroxylation is 1. The first kappa shape index (κ1) is 17.3. The monoisotopic (exact) mass is 356 g/mol. The molecular formula is C18H20N4O2S. The number of rotatable bonds is 5. The Balaban J connectivity index is 1.94. The molecule has 2 heterocycles. The third-order valence-electron chi connectivity index (χ3n) is 4.05. The third kappa shape index (κ3) is 3.76. The van der Waals surface area contributed by atoms with Crippen LogP contribution in [0.5, 0.6) is 0 Å². The minimum atomic E-state index is -3.20. The number of sulfone groups is 1. The fourth-order valence-corrected chi connectivity index (χ4v) is 3.31. The molecule has 2 aromatic heterocycles. The van der Waals surface area contributed by atoms with Crippen LogP contribution in [0.15, 0.2) is 47.6 Å². The van der Waals surface area contributed by atoms with Crippen molar-refractivity contribution in [3.63, 3.8) is 0 Å². The van der Waals surface area contributed by atoms with Crippen molar-refractivity contribution in [1.82, 2.24) is 15.0 Å². The summed E-state index contributed by atoms with van der Waals surface area (Å²) in [6.45, 7) is 3.99. The lowest BCUT2D eigenvalue weighted by Gasteiger charge is -2.19. The second kappa shape index (κ2) is 6.76. The van der Waals surface area contributed by atoms with E-state index in [1.54, 1.807) is 12.1 Å². The van der Waals surface area contributed by atoms with Crippen LogP contribution in [-0.4, -0.2) is 29.6 Å². The van der Waals surface area contributed by atoms with Crippen LogP contribution in [-0.2, 0) is 9.84 Å². The molecule has 0 spiro atoms. The van der Waals surface area contributed by atoms with Gasteiger partial charge in [0.1, 0.15) is 11.8 Å². The first-order valence-corrected chi connectivity index (χ1v) is 9.92. The highest BCUT2D eigenvalue weighted by Crippen LogP contribution is 2.26. The van der Waals surface area contributed by atoms with Crippen molar-refractivity contribution in [2.24, 2.45) is 0 Å². The normalized spacial score (nSPS) is 12.9. The van der Waals surface area contributed by atoms with Crippen LogP contribution in [0, 0.1) is 6.92 Å². The summed E-state index contributed by atoms with van der Waals surface area (Å²) in [6.07, 6.45) is 3.54. The van der Waals surface area contributed by atoms with E-state index in [9.17, 15) is 8.42 Å². The van der Waals surface area contributed by atoms with E-state index in [-0.39, 0.29) is 6.04 Å². The van der Waals surface area contributed by atoms with Gasteiger partial charge >= 0.3 is 0 Å². The van der Waals surface area contributed by atoms with Crippen LogP contribution < -0.4 is 5.32 Å². The van der Waals surface area contributed by atoms with Gasteiger partial charge in [0.25, 0.3) is 0 Å². The van der Waals surface area contributed by atoms with Crippen molar-refractivity contribution in [2.75, 3.05) is 11.6 Å². The average Bonchev–Trinajstić information content (AvgIpc) is 2.59. The molecule has 1 N–H and O–H groups in total. The number of nitrogens with one attached hydrogen (secondary N) is 1. The molecular weight excluding hydrogens is 336 g/mol. The van der Waals surface area contributed by atoms with E-state index in [0.29, 0.717) is 10.7 Å². The fraction of sp³-hybridized carbons (Fsp3) is 0.278. The summed E-state index contributed by atoms with van der Waals surface area (Å²) >= 11 is 0. The van der Waals surface area contributed by atoms with Crippen molar-refractivity contribution in [3.05, 3.63) is 54.0 Å². The molecule has 1 unspecified atom stereocenters. The zero-order valence-corrected chi connectivity index (χ0v) is 15.2. The van der Waals surface area contributed by atoms with E-state index >= 15 is 0 Å². The van der Waals surface area contributed by atoms with Gasteiger partial charge in [-0.15, -0.1) is 0 Å². The maximum Gasteiger partial charge on any atom is 0.175 e. The highest BCUT2D eigenvalue weighted by Gasteiger charge is 2.14. The number of nitrogens with zero attached hydrogens (tertiary/aromatic N) is 3. The quantitative estimate of drug-likeness (QED) is 0.755. The van der Waals surface area contributed by atoms with Gasteiger partial charge in [-0.2, -0.15) is 0 Å². The number of hydrogen-bond donors (Lipinski definition) is 1. The molecule has 0 radical (unpaired) electrons. The summed E-state index contributed by atoms with van der Waals surface area (Å²) in [7, 11) is -3.20. The van der Waals surface area contributed by atoms with Gasteiger partial charge in [0.05, 0.1) is 16.5 Å². The molecule has 1 aromatic carbocycles. The Kier molecular flexibility index (Phi) is 4.67. The molecule has 0 amide bonds. The zero-order valence-electron chi connectivity index (χ0n) is 14.4. The maximum atomic E-state index is 11.6. The number of pyridine rings is 1. The van der Waals surface area contributed by atoms with Crippen LogP contribution in [0.25, 0.3) is 11.0 Å². The lowest BCUT2D eigenvalue weighted by molar-refractivity contribution is 0.601. The molecule has 7 heteroatoms. The van der Waals surface area contributed by atoms with Gasteiger partial charge in [0, 0.05) is 11.9 Å². The van der Waals surface area contributed by atoms with E-state index in [4.69, 9.17) is 0 Å². The molecule has 3 aromatic rings. The highest BCUT2D eigenvalue weighted by molar-refractivity contribution is 7.90. The molecule has 0 saturated carbocycles. The molecule has 3 rings (SSSR count). The Morgan fingerprint density at radius 2 is 1.80 bits per heavy atom. The van der Waals surface area contributed by atoms with E-state index in [1.165, 1.54) is 12.6 Å². The standard InChI is InChI=1S/C18H20N4O2S/c1-4-15(13-6-8-14(9-7-13)25(3,23)24)22-18-17-16(19-11-20-18)10-5-12(2)21-17/h5-11,15H,4H2,1-3H3,(H,19,20,22). The van der Waals surface area contributed by atoms with Crippen LogP contribution in [0.4, 0.5) is 5.82 Å². The zero-order chi connectivity index (χ0) is 18.0. The van der Waals surface area contributed by atoms with E-state index < -0.39 is 9.84 Å². The molecule has 0 saturated heterocycles. The van der Waals surface area contributed by atoms with Crippen molar-refractivity contribution < 1.29 is 8.42 Å². The molecule has 1 atom stereocenters. The molecule has 0 aliphatic heterocycles. The molecule has 0 aliphatic rings. The summed E-state index contributed by atoms with van der Waals surface area (Å²) in [5, 5.41) is 3.41. The molecule has 0 fully saturated rings. The van der Waals surface area contributed by atoms with Crippen molar-refractivity contribution in [3.8, 4) is 0 Å². The fourth-order valence-electron chi connectivity index (χ4n) is 2.68. The van der Waals surface area contributed by atoms with Gasteiger partial charge in [-0.05, 0) is 43.2 Å².